The average molecular weight is 363 g/mol. The van der Waals surface area contributed by atoms with Crippen LogP contribution in [0.1, 0.15) is 44.2 Å². The molecule has 136 valence electrons. The number of carbonyl (C=O) groups excluding carboxylic acids is 1. The second kappa shape index (κ2) is 6.30. The van der Waals surface area contributed by atoms with Gasteiger partial charge in [0.25, 0.3) is 5.56 Å². The van der Waals surface area contributed by atoms with Crippen LogP contribution in [0.5, 0.6) is 0 Å². The van der Waals surface area contributed by atoms with Crippen LogP contribution in [0.25, 0.3) is 0 Å². The van der Waals surface area contributed by atoms with E-state index in [4.69, 9.17) is 5.84 Å². The lowest BCUT2D eigenvalue weighted by Crippen LogP contribution is -2.51. The van der Waals surface area contributed by atoms with Gasteiger partial charge in [-0.15, -0.1) is 10.2 Å². The molecule has 1 heterocycles. The van der Waals surface area contributed by atoms with Crippen molar-refractivity contribution in [2.45, 2.75) is 50.6 Å². The monoisotopic (exact) mass is 363 g/mol. The van der Waals surface area contributed by atoms with Gasteiger partial charge in [-0.1, -0.05) is 11.8 Å². The standard InChI is InChI=1S/C17H25N5O2S/c1-10-15(24)22(18)16(21-20-10)25-8-14(23)19-9-17-5-11-2-12(6-17)4-13(3-11)7-17/h11-13H,2-9,18H2,1H3,(H,19,23). The summed E-state index contributed by atoms with van der Waals surface area (Å²) in [5.41, 5.74) is 0.193. The molecule has 0 aliphatic heterocycles. The molecule has 4 bridgehead atoms. The van der Waals surface area contributed by atoms with E-state index in [2.05, 4.69) is 15.5 Å². The zero-order valence-electron chi connectivity index (χ0n) is 14.5. The lowest BCUT2D eigenvalue weighted by Gasteiger charge is -2.56. The summed E-state index contributed by atoms with van der Waals surface area (Å²) in [6, 6.07) is 0. The predicted molar refractivity (Wildman–Crippen MR) is 95.5 cm³/mol. The van der Waals surface area contributed by atoms with Crippen molar-refractivity contribution in [2.75, 3.05) is 18.1 Å². The maximum Gasteiger partial charge on any atom is 0.294 e. The van der Waals surface area contributed by atoms with E-state index < -0.39 is 0 Å². The number of rotatable bonds is 5. The van der Waals surface area contributed by atoms with E-state index in [-0.39, 0.29) is 28.1 Å². The molecule has 1 amide bonds. The van der Waals surface area contributed by atoms with E-state index in [1.54, 1.807) is 6.92 Å². The molecule has 0 aromatic carbocycles. The largest absolute Gasteiger partial charge is 0.355 e. The third-order valence-corrected chi connectivity index (χ3v) is 7.12. The quantitative estimate of drug-likeness (QED) is 0.599. The number of hydrogen-bond donors (Lipinski definition) is 2. The molecular weight excluding hydrogens is 338 g/mol. The Labute approximate surface area is 151 Å². The van der Waals surface area contributed by atoms with E-state index in [1.807, 2.05) is 0 Å². The molecule has 7 nitrogen and oxygen atoms in total. The molecule has 8 heteroatoms. The van der Waals surface area contributed by atoms with Crippen molar-refractivity contribution in [2.24, 2.45) is 23.2 Å². The van der Waals surface area contributed by atoms with Gasteiger partial charge in [-0.25, -0.2) is 0 Å². The number of thioether (sulfide) groups is 1. The summed E-state index contributed by atoms with van der Waals surface area (Å²) in [6.07, 6.45) is 8.05. The van der Waals surface area contributed by atoms with Gasteiger partial charge in [-0.05, 0) is 68.6 Å². The number of aryl methyl sites for hydroxylation is 1. The Morgan fingerprint density at radius 2 is 1.84 bits per heavy atom. The van der Waals surface area contributed by atoms with Crippen molar-refractivity contribution in [1.29, 1.82) is 0 Å². The Hall–Kier alpha value is -1.57. The maximum absolute atomic E-state index is 12.3. The van der Waals surface area contributed by atoms with Crippen LogP contribution in [0.2, 0.25) is 0 Å². The summed E-state index contributed by atoms with van der Waals surface area (Å²) in [5.74, 6) is 8.50. The zero-order valence-corrected chi connectivity index (χ0v) is 15.3. The number of nitrogens with one attached hydrogen (secondary N) is 1. The topological polar surface area (TPSA) is 103 Å². The van der Waals surface area contributed by atoms with E-state index >= 15 is 0 Å². The van der Waals surface area contributed by atoms with Crippen molar-refractivity contribution in [3.8, 4) is 0 Å². The zero-order chi connectivity index (χ0) is 17.6. The fourth-order valence-corrected chi connectivity index (χ4v) is 6.22. The van der Waals surface area contributed by atoms with Gasteiger partial charge >= 0.3 is 0 Å². The molecular formula is C17H25N5O2S. The fraction of sp³-hybridized carbons (Fsp3) is 0.765. The normalized spacial score (nSPS) is 32.8. The van der Waals surface area contributed by atoms with Crippen molar-refractivity contribution in [1.82, 2.24) is 20.2 Å². The molecule has 0 radical (unpaired) electrons. The lowest BCUT2D eigenvalue weighted by atomic mass is 9.49. The highest BCUT2D eigenvalue weighted by atomic mass is 32.2. The Morgan fingerprint density at radius 1 is 1.24 bits per heavy atom. The third kappa shape index (κ3) is 3.28. The second-order valence-corrected chi connectivity index (χ2v) is 9.17. The molecule has 0 saturated heterocycles. The van der Waals surface area contributed by atoms with E-state index in [0.717, 1.165) is 40.7 Å². The van der Waals surface area contributed by atoms with Gasteiger partial charge in [0.2, 0.25) is 11.1 Å². The second-order valence-electron chi connectivity index (χ2n) is 8.23. The Kier molecular flexibility index (Phi) is 4.25. The van der Waals surface area contributed by atoms with E-state index in [0.29, 0.717) is 5.41 Å². The third-order valence-electron chi connectivity index (χ3n) is 6.18. The minimum atomic E-state index is -0.383. The molecule has 25 heavy (non-hydrogen) atoms. The van der Waals surface area contributed by atoms with Crippen LogP contribution in [0.4, 0.5) is 0 Å². The van der Waals surface area contributed by atoms with Gasteiger partial charge in [0.1, 0.15) is 5.69 Å². The number of carbonyl (C=O) groups is 1. The summed E-state index contributed by atoms with van der Waals surface area (Å²) >= 11 is 1.15. The van der Waals surface area contributed by atoms with Crippen molar-refractivity contribution in [3.63, 3.8) is 0 Å². The maximum atomic E-state index is 12.3. The summed E-state index contributed by atoms with van der Waals surface area (Å²) in [6.45, 7) is 2.34. The van der Waals surface area contributed by atoms with E-state index in [9.17, 15) is 9.59 Å². The molecule has 0 spiro atoms. The van der Waals surface area contributed by atoms with Crippen molar-refractivity contribution < 1.29 is 4.79 Å². The van der Waals surface area contributed by atoms with Gasteiger partial charge in [-0.3, -0.25) is 9.59 Å². The first-order valence-corrected chi connectivity index (χ1v) is 10.0. The van der Waals surface area contributed by atoms with Crippen LogP contribution in [0.15, 0.2) is 9.95 Å². The highest BCUT2D eigenvalue weighted by Crippen LogP contribution is 2.59. The van der Waals surface area contributed by atoms with Gasteiger partial charge in [0.05, 0.1) is 5.75 Å². The number of hydrogen-bond acceptors (Lipinski definition) is 6. The number of nitrogen functional groups attached to an aromatic ring is 1. The van der Waals surface area contributed by atoms with Crippen molar-refractivity contribution >= 4 is 17.7 Å². The van der Waals surface area contributed by atoms with Crippen LogP contribution < -0.4 is 16.7 Å². The van der Waals surface area contributed by atoms with Crippen LogP contribution in [-0.2, 0) is 4.79 Å². The first-order valence-electron chi connectivity index (χ1n) is 9.05. The van der Waals surface area contributed by atoms with E-state index in [1.165, 1.54) is 38.5 Å². The SMILES string of the molecule is Cc1nnc(SCC(=O)NCC23CC4CC(CC(C4)C2)C3)n(N)c1=O. The smallest absolute Gasteiger partial charge is 0.294 e. The van der Waals surface area contributed by atoms with Gasteiger partial charge in [0.15, 0.2) is 0 Å². The Balaban J connectivity index is 1.31. The molecule has 4 saturated carbocycles. The molecule has 0 unspecified atom stereocenters. The molecule has 4 aliphatic rings. The number of nitrogens with zero attached hydrogens (tertiary/aromatic N) is 3. The van der Waals surface area contributed by atoms with Gasteiger partial charge < -0.3 is 11.2 Å². The minimum absolute atomic E-state index is 0.0319. The van der Waals surface area contributed by atoms with Gasteiger partial charge in [0, 0.05) is 6.54 Å². The Bertz CT molecular complexity index is 712. The molecule has 4 aliphatic carbocycles. The molecule has 0 atom stereocenters. The predicted octanol–water partition coefficient (Wildman–Crippen LogP) is 1.09. The minimum Gasteiger partial charge on any atom is -0.355 e. The number of aromatic nitrogens is 3. The van der Waals surface area contributed by atoms with Crippen LogP contribution in [0, 0.1) is 30.1 Å². The fourth-order valence-electron chi connectivity index (χ4n) is 5.54. The highest BCUT2D eigenvalue weighted by molar-refractivity contribution is 7.99. The molecule has 1 aromatic heterocycles. The summed E-state index contributed by atoms with van der Waals surface area (Å²) < 4.78 is 0.958. The average Bonchev–Trinajstić information content (AvgIpc) is 2.56. The number of amides is 1. The molecule has 3 N–H and O–H groups in total. The van der Waals surface area contributed by atoms with Gasteiger partial charge in [-0.2, -0.15) is 4.68 Å². The first kappa shape index (κ1) is 16.9. The summed E-state index contributed by atoms with van der Waals surface area (Å²) in [7, 11) is 0. The summed E-state index contributed by atoms with van der Waals surface area (Å²) in [5, 5.41) is 11.1. The number of nitrogens with two attached hydrogens (primary N) is 1. The van der Waals surface area contributed by atoms with Crippen LogP contribution in [-0.4, -0.2) is 33.1 Å². The lowest BCUT2D eigenvalue weighted by molar-refractivity contribution is -0.120. The summed E-state index contributed by atoms with van der Waals surface area (Å²) in [4.78, 5) is 24.0. The van der Waals surface area contributed by atoms with Crippen LogP contribution in [0.3, 0.4) is 0 Å². The highest BCUT2D eigenvalue weighted by Gasteiger charge is 2.50. The first-order chi connectivity index (χ1) is 11.9. The molecule has 4 fully saturated rings. The van der Waals surface area contributed by atoms with Crippen molar-refractivity contribution in [3.05, 3.63) is 16.0 Å². The molecule has 5 rings (SSSR count). The Morgan fingerprint density at radius 3 is 2.44 bits per heavy atom. The van der Waals surface area contributed by atoms with Crippen LogP contribution >= 0.6 is 11.8 Å². The molecule has 1 aromatic rings.